The third-order valence-electron chi connectivity index (χ3n) is 8.70. The zero-order chi connectivity index (χ0) is 33.9. The number of anilines is 1. The highest BCUT2D eigenvalue weighted by molar-refractivity contribution is 6.10. The number of hydrogen-bond acceptors (Lipinski definition) is 6. The summed E-state index contributed by atoms with van der Waals surface area (Å²) < 4.78 is 82.8. The maximum absolute atomic E-state index is 15.2. The Labute approximate surface area is 269 Å². The Kier molecular flexibility index (Phi) is 7.79. The molecule has 1 amide bonds. The lowest BCUT2D eigenvalue weighted by Crippen LogP contribution is -2.22. The normalized spacial score (nSPS) is 16.7. The van der Waals surface area contributed by atoms with Gasteiger partial charge in [0.1, 0.15) is 22.8 Å². The van der Waals surface area contributed by atoms with E-state index in [1.807, 2.05) is 4.90 Å². The molecule has 0 aliphatic carbocycles. The highest BCUT2D eigenvalue weighted by atomic mass is 19.4. The smallest absolute Gasteiger partial charge is 0.417 e. The number of amides is 1. The van der Waals surface area contributed by atoms with Gasteiger partial charge >= 0.3 is 6.18 Å². The lowest BCUT2D eigenvalue weighted by atomic mass is 9.94. The number of carbonyl (C=O) groups excluding carboxylic acids is 2. The second-order valence-electron chi connectivity index (χ2n) is 11.9. The number of imidazole rings is 1. The predicted molar refractivity (Wildman–Crippen MR) is 166 cm³/mol. The fourth-order valence-electron chi connectivity index (χ4n) is 6.46. The molecular formula is C34H28F5N5O4. The lowest BCUT2D eigenvalue weighted by Gasteiger charge is -2.22. The number of aliphatic hydroxyl groups excluding tert-OH is 1. The number of nitrogens with one attached hydrogen (secondary N) is 1. The molecule has 0 unspecified atom stereocenters. The minimum Gasteiger partial charge on any atom is -0.490 e. The molecule has 1 atom stereocenters. The summed E-state index contributed by atoms with van der Waals surface area (Å²) in [6, 6.07) is 7.09. The molecule has 2 aliphatic rings. The molecule has 5 heterocycles. The van der Waals surface area contributed by atoms with Gasteiger partial charge in [0.15, 0.2) is 5.75 Å². The van der Waals surface area contributed by atoms with Crippen LogP contribution in [0, 0.1) is 11.6 Å². The van der Waals surface area contributed by atoms with Crippen molar-refractivity contribution >= 4 is 33.9 Å². The number of fused-ring (bicyclic) bond motifs is 4. The first-order chi connectivity index (χ1) is 22.9. The van der Waals surface area contributed by atoms with Crippen LogP contribution in [0.1, 0.15) is 33.6 Å². The Morgan fingerprint density at radius 3 is 2.65 bits per heavy atom. The molecule has 14 heteroatoms. The molecule has 2 aromatic carbocycles. The van der Waals surface area contributed by atoms with E-state index in [2.05, 4.69) is 10.3 Å². The molecule has 3 aromatic heterocycles. The van der Waals surface area contributed by atoms with E-state index < -0.39 is 46.9 Å². The minimum atomic E-state index is -4.76. The van der Waals surface area contributed by atoms with Crippen LogP contribution in [-0.4, -0.2) is 68.0 Å². The van der Waals surface area contributed by atoms with Gasteiger partial charge in [0, 0.05) is 62.1 Å². The number of rotatable bonds is 6. The SMILES string of the molecule is Cn1cnc2c3c(c(C(F)(F)F)cc21)-c1cccn2c(C(=O)c4cc(F)c(NC(=O)/C=C/CN5CC[C@H](O)C5)c(F)c4)cc(c12)CCO3. The van der Waals surface area contributed by atoms with Crippen molar-refractivity contribution in [2.45, 2.75) is 25.1 Å². The Morgan fingerprint density at radius 1 is 1.17 bits per heavy atom. The number of hydrogen-bond donors (Lipinski definition) is 2. The molecule has 0 bridgehead atoms. The maximum atomic E-state index is 15.2. The molecule has 9 nitrogen and oxygen atoms in total. The van der Waals surface area contributed by atoms with Gasteiger partial charge < -0.3 is 24.1 Å². The molecular weight excluding hydrogens is 637 g/mol. The van der Waals surface area contributed by atoms with Gasteiger partial charge in [-0.1, -0.05) is 12.1 Å². The summed E-state index contributed by atoms with van der Waals surface area (Å²) in [4.78, 5) is 32.3. The average molecular weight is 666 g/mol. The van der Waals surface area contributed by atoms with Gasteiger partial charge in [-0.05, 0) is 42.3 Å². The summed E-state index contributed by atoms with van der Waals surface area (Å²) in [5, 5.41) is 11.8. The summed E-state index contributed by atoms with van der Waals surface area (Å²) in [6.45, 7) is 1.49. The maximum Gasteiger partial charge on any atom is 0.417 e. The second-order valence-corrected chi connectivity index (χ2v) is 11.9. The topological polar surface area (TPSA) is 101 Å². The molecule has 5 aromatic rings. The molecule has 2 N–H and O–H groups in total. The van der Waals surface area contributed by atoms with Crippen LogP contribution >= 0.6 is 0 Å². The molecule has 0 spiro atoms. The van der Waals surface area contributed by atoms with E-state index in [0.29, 0.717) is 37.1 Å². The quantitative estimate of drug-likeness (QED) is 0.141. The van der Waals surface area contributed by atoms with Crippen molar-refractivity contribution in [1.29, 1.82) is 0 Å². The number of ketones is 1. The lowest BCUT2D eigenvalue weighted by molar-refractivity contribution is -0.137. The van der Waals surface area contributed by atoms with E-state index >= 15 is 8.78 Å². The van der Waals surface area contributed by atoms with Crippen LogP contribution in [0.15, 0.2) is 61.1 Å². The number of alkyl halides is 3. The van der Waals surface area contributed by atoms with E-state index in [1.54, 1.807) is 7.05 Å². The number of likely N-dealkylation sites (tertiary alicyclic amines) is 1. The van der Waals surface area contributed by atoms with Crippen molar-refractivity contribution in [3.8, 4) is 16.9 Å². The van der Waals surface area contributed by atoms with Crippen molar-refractivity contribution in [1.82, 2.24) is 18.9 Å². The number of pyridine rings is 1. The van der Waals surface area contributed by atoms with E-state index in [0.717, 1.165) is 24.3 Å². The van der Waals surface area contributed by atoms with Gasteiger partial charge in [-0.25, -0.2) is 13.8 Å². The van der Waals surface area contributed by atoms with E-state index in [1.165, 1.54) is 45.8 Å². The molecule has 2 aliphatic heterocycles. The van der Waals surface area contributed by atoms with Gasteiger partial charge in [0.05, 0.1) is 41.3 Å². The Balaban J connectivity index is 1.24. The second kappa shape index (κ2) is 11.9. The van der Waals surface area contributed by atoms with Crippen LogP contribution in [0.4, 0.5) is 27.6 Å². The van der Waals surface area contributed by atoms with Crippen LogP contribution in [0.5, 0.6) is 5.75 Å². The van der Waals surface area contributed by atoms with Crippen LogP contribution in [-0.2, 0) is 24.4 Å². The van der Waals surface area contributed by atoms with Crippen LogP contribution in [0.25, 0.3) is 27.7 Å². The molecule has 1 saturated heterocycles. The van der Waals surface area contributed by atoms with Crippen LogP contribution in [0.2, 0.25) is 0 Å². The zero-order valence-electron chi connectivity index (χ0n) is 25.4. The fourth-order valence-corrected chi connectivity index (χ4v) is 6.46. The number of aliphatic hydroxyl groups is 1. The predicted octanol–water partition coefficient (Wildman–Crippen LogP) is 5.52. The molecule has 1 fully saturated rings. The number of aryl methyl sites for hydroxylation is 1. The number of carbonyl (C=O) groups is 2. The van der Waals surface area contributed by atoms with Gasteiger partial charge in [-0.3, -0.25) is 14.5 Å². The minimum absolute atomic E-state index is 0.0201. The number of halogens is 5. The highest BCUT2D eigenvalue weighted by Gasteiger charge is 2.38. The summed E-state index contributed by atoms with van der Waals surface area (Å²) >= 11 is 0. The first kappa shape index (κ1) is 31.5. The van der Waals surface area contributed by atoms with Crippen LogP contribution < -0.4 is 10.1 Å². The van der Waals surface area contributed by atoms with Crippen molar-refractivity contribution < 1.29 is 41.4 Å². The largest absolute Gasteiger partial charge is 0.490 e. The third-order valence-corrected chi connectivity index (χ3v) is 8.70. The Bertz CT molecular complexity index is 2130. The Morgan fingerprint density at radius 2 is 1.94 bits per heavy atom. The van der Waals surface area contributed by atoms with Crippen molar-refractivity contribution in [3.05, 3.63) is 95.1 Å². The summed E-state index contributed by atoms with van der Waals surface area (Å²) in [6.07, 6.45) is 1.21. The molecule has 7 rings (SSSR count). The summed E-state index contributed by atoms with van der Waals surface area (Å²) in [5.74, 6) is -3.96. The van der Waals surface area contributed by atoms with Crippen molar-refractivity contribution in [2.75, 3.05) is 31.6 Å². The third kappa shape index (κ3) is 5.50. The average Bonchev–Trinajstić information content (AvgIpc) is 3.73. The zero-order valence-corrected chi connectivity index (χ0v) is 25.4. The standard InChI is InChI=1S/C34H28F5N5O4/c1-42-17-40-30-25(42)15-22(34(37,38)39)28-21-4-2-9-44-26(14-18(31(21)44)7-11-48-33(28)30)32(47)19-12-23(35)29(24(36)13-19)41-27(46)5-3-8-43-10-6-20(45)16-43/h2-5,9,12-15,17,20,45H,6-8,10-11,16H2,1H3,(H,41,46)/b5-3+/t20-/m0/s1. The first-order valence-corrected chi connectivity index (χ1v) is 15.1. The van der Waals surface area contributed by atoms with Crippen molar-refractivity contribution in [2.24, 2.45) is 7.05 Å². The number of benzene rings is 2. The summed E-state index contributed by atoms with van der Waals surface area (Å²) in [7, 11) is 1.58. The first-order valence-electron chi connectivity index (χ1n) is 15.1. The highest BCUT2D eigenvalue weighted by Crippen LogP contribution is 2.48. The molecule has 0 radical (unpaired) electrons. The molecule has 0 saturated carbocycles. The van der Waals surface area contributed by atoms with E-state index in [-0.39, 0.29) is 52.2 Å². The van der Waals surface area contributed by atoms with Gasteiger partial charge in [-0.15, -0.1) is 0 Å². The molecule has 48 heavy (non-hydrogen) atoms. The Hall–Kier alpha value is -5.08. The number of ether oxygens (including phenoxy) is 1. The van der Waals surface area contributed by atoms with Gasteiger partial charge in [0.2, 0.25) is 11.7 Å². The summed E-state index contributed by atoms with van der Waals surface area (Å²) in [5.41, 5.74) is -0.789. The number of β-amino-alcohol motifs (C(OH)–C–C–N with tert-alkyl or cyclic N) is 1. The van der Waals surface area contributed by atoms with E-state index in [9.17, 15) is 27.9 Å². The van der Waals surface area contributed by atoms with Gasteiger partial charge in [0.25, 0.3) is 0 Å². The van der Waals surface area contributed by atoms with E-state index in [4.69, 9.17) is 4.74 Å². The monoisotopic (exact) mass is 665 g/mol. The molecule has 248 valence electrons. The van der Waals surface area contributed by atoms with Gasteiger partial charge in [-0.2, -0.15) is 13.2 Å². The fraction of sp³-hybridized carbons (Fsp3) is 0.265. The number of nitrogens with zero attached hydrogens (tertiary/aromatic N) is 4. The van der Waals surface area contributed by atoms with Crippen LogP contribution in [0.3, 0.4) is 0 Å². The van der Waals surface area contributed by atoms with Crippen molar-refractivity contribution in [3.63, 3.8) is 0 Å². The number of aromatic nitrogens is 3.